The molecule has 4 nitrogen and oxygen atoms in total. The van der Waals surface area contributed by atoms with E-state index in [2.05, 4.69) is 136 Å². The molecule has 7 heteroatoms. The van der Waals surface area contributed by atoms with Crippen LogP contribution in [0.5, 0.6) is 11.5 Å². The number of pyridine rings is 2. The standard InChI is InChI=1S/C50H37B2N3O.Pt/c1-32-15-10-16-33(2)48(32)51-40-23-8-9-24-41(40)52(49-34(3)17-11-18-35(49)4)50-42(51)30-37-31-45(50)56-39-22-12-19-36(29-39)43-25-13-27-46(53-43)55(38-20-6-5-7-21-38)47-28-14-26-44(37)54-47;/h5-28,30H,1-4H3;/q-2;+2. The van der Waals surface area contributed by atoms with Crippen molar-refractivity contribution in [1.82, 2.24) is 9.97 Å². The number of aromatic nitrogens is 2. The summed E-state index contributed by atoms with van der Waals surface area (Å²) in [5.74, 6) is 2.79. The van der Waals surface area contributed by atoms with E-state index in [4.69, 9.17) is 14.7 Å². The second-order valence-electron chi connectivity index (χ2n) is 15.0. The summed E-state index contributed by atoms with van der Waals surface area (Å²) in [7, 11) is 0. The van der Waals surface area contributed by atoms with Gasteiger partial charge in [-0.2, -0.15) is 5.46 Å². The van der Waals surface area contributed by atoms with Crippen LogP contribution in [0.15, 0.2) is 152 Å². The second kappa shape index (κ2) is 14.8. The molecule has 10 rings (SSSR count). The molecule has 0 fully saturated rings. The average molecular weight is 913 g/mol. The molecule has 274 valence electrons. The van der Waals surface area contributed by atoms with Gasteiger partial charge in [0, 0.05) is 17.2 Å². The molecular weight excluding hydrogens is 875 g/mol. The Balaban J connectivity index is 0.00000422. The van der Waals surface area contributed by atoms with Crippen LogP contribution in [0.4, 0.5) is 17.3 Å². The Morgan fingerprint density at radius 1 is 0.474 bits per heavy atom. The van der Waals surface area contributed by atoms with E-state index in [-0.39, 0.29) is 34.5 Å². The maximum atomic E-state index is 7.15. The van der Waals surface area contributed by atoms with E-state index in [1.54, 1.807) is 0 Å². The van der Waals surface area contributed by atoms with E-state index >= 15 is 0 Å². The SMILES string of the molecule is Cc1cccc(C)c1B1c2ccccc2B(c2c(C)cccc2C)c2c3[c-]c(cc21)-c1cccc(n1)N(c1ccccc1)c1cccc(n1)-c1[c-]c(ccc1)O3.[Pt+2]. The van der Waals surface area contributed by atoms with E-state index in [0.29, 0.717) is 11.5 Å². The molecule has 0 amide bonds. The van der Waals surface area contributed by atoms with Crippen molar-refractivity contribution in [1.29, 1.82) is 0 Å². The largest absolute Gasteiger partial charge is 2.00 e. The van der Waals surface area contributed by atoms with E-state index in [1.165, 1.54) is 49.6 Å². The molecule has 6 aromatic carbocycles. The molecule has 0 N–H and O–H groups in total. The van der Waals surface area contributed by atoms with Gasteiger partial charge < -0.3 is 4.74 Å². The van der Waals surface area contributed by atoms with Crippen LogP contribution >= 0.6 is 0 Å². The van der Waals surface area contributed by atoms with Gasteiger partial charge in [-0.1, -0.05) is 159 Å². The van der Waals surface area contributed by atoms with Crippen LogP contribution < -0.4 is 42.4 Å². The van der Waals surface area contributed by atoms with Gasteiger partial charge in [0.25, 0.3) is 0 Å². The minimum Gasteiger partial charge on any atom is -0.497 e. The number of para-hydroxylation sites is 1. The van der Waals surface area contributed by atoms with Crippen molar-refractivity contribution in [3.63, 3.8) is 0 Å². The summed E-state index contributed by atoms with van der Waals surface area (Å²) in [6.07, 6.45) is 0. The van der Waals surface area contributed by atoms with Crippen molar-refractivity contribution in [3.05, 3.63) is 186 Å². The summed E-state index contributed by atoms with van der Waals surface area (Å²) in [6.45, 7) is 8.77. The smallest absolute Gasteiger partial charge is 0.497 e. The summed E-state index contributed by atoms with van der Waals surface area (Å²) >= 11 is 0. The topological polar surface area (TPSA) is 38.2 Å². The van der Waals surface area contributed by atoms with Crippen molar-refractivity contribution in [2.24, 2.45) is 0 Å². The van der Waals surface area contributed by atoms with Gasteiger partial charge in [0.15, 0.2) is 6.71 Å². The Bertz CT molecular complexity index is 2790. The quantitative estimate of drug-likeness (QED) is 0.136. The minimum absolute atomic E-state index is 0. The first kappa shape index (κ1) is 36.7. The third-order valence-electron chi connectivity index (χ3n) is 11.5. The molecule has 2 aliphatic rings. The number of benzene rings is 6. The number of aryl methyl sites for hydroxylation is 4. The summed E-state index contributed by atoms with van der Waals surface area (Å²) in [4.78, 5) is 12.7. The number of ether oxygens (including phenoxy) is 1. The number of nitrogens with zero attached hydrogens (tertiary/aromatic N) is 3. The van der Waals surface area contributed by atoms with Gasteiger partial charge in [-0.25, -0.2) is 0 Å². The molecule has 2 aliphatic heterocycles. The second-order valence-corrected chi connectivity index (χ2v) is 15.0. The fourth-order valence-electron chi connectivity index (χ4n) is 9.00. The number of rotatable bonds is 3. The Labute approximate surface area is 350 Å². The van der Waals surface area contributed by atoms with Crippen molar-refractivity contribution in [3.8, 4) is 34.0 Å². The number of hydrogen-bond acceptors (Lipinski definition) is 4. The zero-order valence-corrected chi connectivity index (χ0v) is 34.4. The Hall–Kier alpha value is -5.96. The molecule has 0 unspecified atom stereocenters. The molecular formula is C50H37B2N3OPt. The zero-order chi connectivity index (χ0) is 37.9. The Kier molecular flexibility index (Phi) is 9.55. The van der Waals surface area contributed by atoms with Gasteiger partial charge in [-0.15, -0.1) is 40.9 Å². The monoisotopic (exact) mass is 912 g/mol. The number of anilines is 3. The van der Waals surface area contributed by atoms with Gasteiger partial charge in [0.1, 0.15) is 11.6 Å². The molecule has 2 aromatic heterocycles. The van der Waals surface area contributed by atoms with Crippen molar-refractivity contribution in [2.45, 2.75) is 27.7 Å². The first-order valence-electron chi connectivity index (χ1n) is 19.2. The summed E-state index contributed by atoms with van der Waals surface area (Å²) in [5, 5.41) is 0. The van der Waals surface area contributed by atoms with Crippen LogP contribution in [0.25, 0.3) is 22.5 Å². The maximum Gasteiger partial charge on any atom is 2.00 e. The van der Waals surface area contributed by atoms with Gasteiger partial charge in [0.2, 0.25) is 6.71 Å². The molecule has 8 bridgehead atoms. The molecule has 0 saturated carbocycles. The van der Waals surface area contributed by atoms with Crippen LogP contribution in [0, 0.1) is 39.8 Å². The normalized spacial score (nSPS) is 12.5. The molecule has 0 aliphatic carbocycles. The fraction of sp³-hybridized carbons (Fsp3) is 0.0800. The molecule has 4 heterocycles. The maximum absolute atomic E-state index is 7.15. The van der Waals surface area contributed by atoms with Crippen molar-refractivity contribution in [2.75, 3.05) is 4.90 Å². The van der Waals surface area contributed by atoms with Gasteiger partial charge in [-0.3, -0.25) is 14.9 Å². The Morgan fingerprint density at radius 2 is 1.00 bits per heavy atom. The van der Waals surface area contributed by atoms with Gasteiger partial charge >= 0.3 is 21.1 Å². The number of hydrogen-bond donors (Lipinski definition) is 0. The zero-order valence-electron chi connectivity index (χ0n) is 32.2. The fourth-order valence-corrected chi connectivity index (χ4v) is 9.00. The van der Waals surface area contributed by atoms with Gasteiger partial charge in [-0.05, 0) is 63.3 Å². The summed E-state index contributed by atoms with van der Waals surface area (Å²) in [6, 6.07) is 60.7. The molecule has 0 spiro atoms. The van der Waals surface area contributed by atoms with Crippen LogP contribution in [0.3, 0.4) is 0 Å². The van der Waals surface area contributed by atoms with Gasteiger partial charge in [0.05, 0.1) is 0 Å². The molecule has 57 heavy (non-hydrogen) atoms. The first-order valence-corrected chi connectivity index (χ1v) is 19.2. The predicted octanol–water partition coefficient (Wildman–Crippen LogP) is 7.56. The van der Waals surface area contributed by atoms with Crippen LogP contribution in [-0.2, 0) is 21.1 Å². The minimum atomic E-state index is -0.100. The third-order valence-corrected chi connectivity index (χ3v) is 11.5. The van der Waals surface area contributed by atoms with E-state index in [1.807, 2.05) is 60.7 Å². The predicted molar refractivity (Wildman–Crippen MR) is 233 cm³/mol. The molecule has 0 saturated heterocycles. The Morgan fingerprint density at radius 3 is 1.63 bits per heavy atom. The molecule has 0 radical (unpaired) electrons. The molecule has 8 aromatic rings. The van der Waals surface area contributed by atoms with Crippen LogP contribution in [0.2, 0.25) is 0 Å². The summed E-state index contributed by atoms with van der Waals surface area (Å²) < 4.78 is 7.15. The van der Waals surface area contributed by atoms with Crippen molar-refractivity contribution >= 4 is 63.5 Å². The van der Waals surface area contributed by atoms with E-state index < -0.39 is 0 Å². The summed E-state index contributed by atoms with van der Waals surface area (Å²) in [5.41, 5.74) is 16.8. The first-order chi connectivity index (χ1) is 27.4. The molecule has 0 atom stereocenters. The van der Waals surface area contributed by atoms with Crippen LogP contribution in [-0.4, -0.2) is 23.4 Å². The van der Waals surface area contributed by atoms with E-state index in [9.17, 15) is 0 Å². The average Bonchev–Trinajstić information content (AvgIpc) is 3.22. The third kappa shape index (κ3) is 6.33. The van der Waals surface area contributed by atoms with Crippen molar-refractivity contribution < 1.29 is 25.8 Å². The van der Waals surface area contributed by atoms with Crippen LogP contribution in [0.1, 0.15) is 22.3 Å². The number of fused-ring (bicyclic) bond motifs is 13. The van der Waals surface area contributed by atoms with E-state index in [0.717, 1.165) is 45.3 Å².